The third-order valence-electron chi connectivity index (χ3n) is 5.61. The zero-order valence-corrected chi connectivity index (χ0v) is 16.2. The molecule has 146 valence electrons. The molecule has 2 aromatic rings. The molecule has 0 radical (unpaired) electrons. The molecule has 27 heavy (non-hydrogen) atoms. The number of piperidine rings is 1. The maximum absolute atomic E-state index is 6.26. The Morgan fingerprint density at radius 3 is 2.48 bits per heavy atom. The first-order valence-corrected chi connectivity index (χ1v) is 9.84. The largest absolute Gasteiger partial charge is 0.493 e. The molecule has 1 aromatic heterocycles. The van der Waals surface area contributed by atoms with E-state index >= 15 is 0 Å². The maximum Gasteiger partial charge on any atom is 0.203 e. The molecule has 1 aliphatic carbocycles. The van der Waals surface area contributed by atoms with Crippen molar-refractivity contribution in [2.75, 3.05) is 27.3 Å². The molecule has 4 rings (SSSR count). The molecule has 0 unspecified atom stereocenters. The summed E-state index contributed by atoms with van der Waals surface area (Å²) < 4.78 is 22.7. The highest BCUT2D eigenvalue weighted by Gasteiger charge is 2.26. The fourth-order valence-corrected chi connectivity index (χ4v) is 4.07. The predicted molar refractivity (Wildman–Crippen MR) is 102 cm³/mol. The number of aryl methyl sites for hydroxylation is 1. The molecule has 6 heteroatoms. The van der Waals surface area contributed by atoms with Crippen molar-refractivity contribution in [1.29, 1.82) is 0 Å². The van der Waals surface area contributed by atoms with Gasteiger partial charge in [-0.05, 0) is 44.2 Å². The van der Waals surface area contributed by atoms with Gasteiger partial charge < -0.3 is 18.7 Å². The number of rotatable bonds is 6. The Morgan fingerprint density at radius 2 is 1.78 bits per heavy atom. The summed E-state index contributed by atoms with van der Waals surface area (Å²) in [6.07, 6.45) is 6.73. The summed E-state index contributed by atoms with van der Waals surface area (Å²) >= 11 is 0. The molecule has 2 heterocycles. The molecule has 0 bridgehead atoms. The summed E-state index contributed by atoms with van der Waals surface area (Å²) in [5.41, 5.74) is 2.49. The van der Waals surface area contributed by atoms with Gasteiger partial charge in [0.25, 0.3) is 0 Å². The van der Waals surface area contributed by atoms with Crippen molar-refractivity contribution in [3.8, 4) is 17.2 Å². The molecule has 1 aliphatic heterocycles. The van der Waals surface area contributed by atoms with Crippen molar-refractivity contribution < 1.29 is 18.7 Å². The molecule has 1 aromatic carbocycles. The van der Waals surface area contributed by atoms with Crippen LogP contribution in [0.5, 0.6) is 17.2 Å². The van der Waals surface area contributed by atoms with Gasteiger partial charge in [-0.25, -0.2) is 0 Å². The Labute approximate surface area is 160 Å². The number of hydrogen-bond acceptors (Lipinski definition) is 6. The zero-order valence-electron chi connectivity index (χ0n) is 16.2. The number of aromatic nitrogens is 1. The Balaban J connectivity index is 1.35. The highest BCUT2D eigenvalue weighted by Crippen LogP contribution is 2.38. The van der Waals surface area contributed by atoms with Crippen molar-refractivity contribution in [3.63, 3.8) is 0 Å². The van der Waals surface area contributed by atoms with Crippen molar-refractivity contribution in [2.45, 2.75) is 51.2 Å². The first-order chi connectivity index (χ1) is 13.3. The van der Waals surface area contributed by atoms with Gasteiger partial charge in [-0.2, -0.15) is 0 Å². The van der Waals surface area contributed by atoms with Crippen LogP contribution in [0.25, 0.3) is 0 Å². The normalized spacial score (nSPS) is 18.1. The second-order valence-electron chi connectivity index (χ2n) is 7.32. The minimum Gasteiger partial charge on any atom is -0.493 e. The number of nitrogens with zero attached hydrogens (tertiary/aromatic N) is 2. The van der Waals surface area contributed by atoms with E-state index in [1.165, 1.54) is 18.4 Å². The third kappa shape index (κ3) is 3.90. The van der Waals surface area contributed by atoms with Crippen LogP contribution in [-0.4, -0.2) is 43.5 Å². The highest BCUT2D eigenvalue weighted by molar-refractivity contribution is 5.51. The van der Waals surface area contributed by atoms with E-state index in [0.29, 0.717) is 17.2 Å². The first kappa shape index (κ1) is 18.2. The van der Waals surface area contributed by atoms with Gasteiger partial charge >= 0.3 is 0 Å². The van der Waals surface area contributed by atoms with E-state index in [-0.39, 0.29) is 6.10 Å². The average molecular weight is 372 g/mol. The molecule has 1 saturated heterocycles. The molecule has 1 fully saturated rings. The molecular formula is C21H28N2O4. The van der Waals surface area contributed by atoms with Crippen LogP contribution in [0.3, 0.4) is 0 Å². The van der Waals surface area contributed by atoms with E-state index in [1.807, 2.05) is 18.2 Å². The minimum atomic E-state index is 0.165. The van der Waals surface area contributed by atoms with Crippen LogP contribution in [0, 0.1) is 0 Å². The van der Waals surface area contributed by atoms with E-state index in [1.54, 1.807) is 14.2 Å². The lowest BCUT2D eigenvalue weighted by molar-refractivity contribution is 0.0904. The first-order valence-electron chi connectivity index (χ1n) is 9.84. The molecule has 0 saturated carbocycles. The van der Waals surface area contributed by atoms with Crippen LogP contribution in [0.1, 0.15) is 42.7 Å². The van der Waals surface area contributed by atoms with Crippen LogP contribution in [-0.2, 0) is 19.4 Å². The molecular weight excluding hydrogens is 344 g/mol. The Kier molecular flexibility index (Phi) is 5.53. The van der Waals surface area contributed by atoms with Crippen LogP contribution in [0.2, 0.25) is 0 Å². The second kappa shape index (κ2) is 8.21. The van der Waals surface area contributed by atoms with Crippen LogP contribution in [0.4, 0.5) is 0 Å². The summed E-state index contributed by atoms with van der Waals surface area (Å²) in [6.45, 7) is 2.86. The molecule has 0 atom stereocenters. The molecule has 0 amide bonds. The van der Waals surface area contributed by atoms with Crippen molar-refractivity contribution in [2.24, 2.45) is 0 Å². The smallest absolute Gasteiger partial charge is 0.203 e. The second-order valence-corrected chi connectivity index (χ2v) is 7.32. The molecule has 2 aliphatic rings. The fourth-order valence-electron chi connectivity index (χ4n) is 4.07. The van der Waals surface area contributed by atoms with Crippen LogP contribution in [0.15, 0.2) is 22.7 Å². The van der Waals surface area contributed by atoms with Crippen molar-refractivity contribution >= 4 is 0 Å². The quantitative estimate of drug-likeness (QED) is 0.772. The SMILES string of the molecule is COc1cccc(OC)c1OC1CCN(Cc2noc3c2CCCC3)CC1. The number of para-hydroxylation sites is 1. The fraction of sp³-hybridized carbons (Fsp3) is 0.571. The lowest BCUT2D eigenvalue weighted by Crippen LogP contribution is -2.38. The number of ether oxygens (including phenoxy) is 3. The molecule has 0 spiro atoms. The van der Waals surface area contributed by atoms with Gasteiger partial charge in [-0.3, -0.25) is 4.90 Å². The highest BCUT2D eigenvalue weighted by atomic mass is 16.5. The van der Waals surface area contributed by atoms with Crippen molar-refractivity contribution in [3.05, 3.63) is 35.2 Å². The summed E-state index contributed by atoms with van der Waals surface area (Å²) in [6, 6.07) is 5.72. The summed E-state index contributed by atoms with van der Waals surface area (Å²) in [5, 5.41) is 4.34. The van der Waals surface area contributed by atoms with E-state index in [9.17, 15) is 0 Å². The van der Waals surface area contributed by atoms with E-state index in [2.05, 4.69) is 10.1 Å². The Morgan fingerprint density at radius 1 is 1.07 bits per heavy atom. The number of likely N-dealkylation sites (tertiary alicyclic amines) is 1. The lowest BCUT2D eigenvalue weighted by Gasteiger charge is -2.32. The number of benzene rings is 1. The standard InChI is InChI=1S/C21H28N2O4/c1-24-19-8-5-9-20(25-2)21(19)26-15-10-12-23(13-11-15)14-17-16-6-3-4-7-18(16)27-22-17/h5,8-9,15H,3-4,6-7,10-14H2,1-2H3. The Bertz CT molecular complexity index is 743. The van der Waals surface area contributed by atoms with Gasteiger partial charge in [-0.1, -0.05) is 11.2 Å². The predicted octanol–water partition coefficient (Wildman–Crippen LogP) is 3.61. The van der Waals surface area contributed by atoms with Crippen LogP contribution >= 0.6 is 0 Å². The summed E-state index contributed by atoms with van der Waals surface area (Å²) in [4.78, 5) is 2.45. The third-order valence-corrected chi connectivity index (χ3v) is 5.61. The number of methoxy groups -OCH3 is 2. The van der Waals surface area contributed by atoms with E-state index in [4.69, 9.17) is 18.7 Å². The molecule has 0 N–H and O–H groups in total. The van der Waals surface area contributed by atoms with Gasteiger partial charge in [0.1, 0.15) is 17.6 Å². The minimum absolute atomic E-state index is 0.165. The average Bonchev–Trinajstić information content (AvgIpc) is 3.12. The molecule has 6 nitrogen and oxygen atoms in total. The Hall–Kier alpha value is -2.21. The van der Waals surface area contributed by atoms with E-state index < -0.39 is 0 Å². The number of hydrogen-bond donors (Lipinski definition) is 0. The number of fused-ring (bicyclic) bond motifs is 1. The van der Waals surface area contributed by atoms with Gasteiger partial charge in [0.05, 0.1) is 14.2 Å². The van der Waals surface area contributed by atoms with Gasteiger partial charge in [0.2, 0.25) is 5.75 Å². The van der Waals surface area contributed by atoms with Crippen LogP contribution < -0.4 is 14.2 Å². The lowest BCUT2D eigenvalue weighted by atomic mass is 9.96. The maximum atomic E-state index is 6.26. The van der Waals surface area contributed by atoms with E-state index in [0.717, 1.165) is 56.8 Å². The summed E-state index contributed by atoms with van der Waals surface area (Å²) in [7, 11) is 3.31. The zero-order chi connectivity index (χ0) is 18.6. The van der Waals surface area contributed by atoms with Gasteiger partial charge in [0, 0.05) is 31.6 Å². The van der Waals surface area contributed by atoms with Crippen molar-refractivity contribution in [1.82, 2.24) is 10.1 Å². The topological polar surface area (TPSA) is 57.0 Å². The van der Waals surface area contributed by atoms with Gasteiger partial charge in [-0.15, -0.1) is 0 Å². The van der Waals surface area contributed by atoms with Gasteiger partial charge in [0.15, 0.2) is 11.5 Å². The monoisotopic (exact) mass is 372 g/mol. The summed E-state index contributed by atoms with van der Waals surface area (Å²) in [5.74, 6) is 3.24.